The molecule has 2 bridgehead atoms. The number of hydrogen-bond donors (Lipinski definition) is 5. The van der Waals surface area contributed by atoms with Gasteiger partial charge in [-0.15, -0.1) is 0 Å². The number of aromatic nitrogens is 3. The Hall–Kier alpha value is -4.35. The summed E-state index contributed by atoms with van der Waals surface area (Å²) in [5.74, 6) is -1.07. The molecule has 0 aliphatic carbocycles. The van der Waals surface area contributed by atoms with Crippen molar-refractivity contribution in [2.45, 2.75) is 58.5 Å². The number of benzene rings is 1. The molecule has 3 aromatic rings. The normalized spacial score (nSPS) is 19.2. The van der Waals surface area contributed by atoms with Crippen molar-refractivity contribution in [1.29, 1.82) is 0 Å². The van der Waals surface area contributed by atoms with Crippen molar-refractivity contribution in [3.63, 3.8) is 0 Å². The summed E-state index contributed by atoms with van der Waals surface area (Å²) in [5, 5.41) is 8.67. The highest BCUT2D eigenvalue weighted by Gasteiger charge is 2.26. The number of imidazole rings is 1. The Kier molecular flexibility index (Phi) is 9.99. The standard InChI is InChI=1S/C29H39N7O5/c1-3-19(2)25-27(39)32-14-7-17-36-23-18-20(10-11-21(23)33-29(36)41)26(38)31-13-6-16-35(15-5-9-24(37)34-25)28(40)22-8-4-12-30-22/h4,8,10-12,18-19,25,30H,3,5-7,9,13-17H2,1-2H3,(H,31,38)(H,32,39)(H,33,41)(H,34,37)/t19-,25-/m0/s1. The van der Waals surface area contributed by atoms with Gasteiger partial charge >= 0.3 is 5.69 Å². The van der Waals surface area contributed by atoms with Crippen molar-refractivity contribution in [2.24, 2.45) is 5.92 Å². The lowest BCUT2D eigenvalue weighted by Crippen LogP contribution is -2.50. The van der Waals surface area contributed by atoms with E-state index in [1.165, 1.54) is 0 Å². The Bertz CT molecular complexity index is 1420. The summed E-state index contributed by atoms with van der Waals surface area (Å²) in [6, 6.07) is 7.80. The largest absolute Gasteiger partial charge is 0.357 e. The maximum absolute atomic E-state index is 13.1. The molecule has 5 N–H and O–H groups in total. The van der Waals surface area contributed by atoms with Crippen LogP contribution < -0.4 is 21.6 Å². The molecule has 12 nitrogen and oxygen atoms in total. The van der Waals surface area contributed by atoms with Gasteiger partial charge in [0, 0.05) is 50.9 Å². The lowest BCUT2D eigenvalue weighted by atomic mass is 9.98. The molecule has 2 atom stereocenters. The second-order valence-corrected chi connectivity index (χ2v) is 10.5. The zero-order valence-corrected chi connectivity index (χ0v) is 23.6. The van der Waals surface area contributed by atoms with E-state index >= 15 is 0 Å². The van der Waals surface area contributed by atoms with E-state index in [1.54, 1.807) is 46.0 Å². The first-order valence-corrected chi connectivity index (χ1v) is 14.3. The molecule has 4 amide bonds. The monoisotopic (exact) mass is 565 g/mol. The molecule has 12 heteroatoms. The van der Waals surface area contributed by atoms with Crippen LogP contribution in [0.1, 0.15) is 66.8 Å². The molecule has 0 spiro atoms. The molecule has 0 radical (unpaired) electrons. The van der Waals surface area contributed by atoms with Gasteiger partial charge in [-0.3, -0.25) is 23.7 Å². The van der Waals surface area contributed by atoms with Crippen LogP contribution in [0.3, 0.4) is 0 Å². The minimum Gasteiger partial charge on any atom is -0.357 e. The fourth-order valence-electron chi connectivity index (χ4n) is 4.98. The number of aryl methyl sites for hydroxylation is 1. The van der Waals surface area contributed by atoms with Crippen LogP contribution in [-0.2, 0) is 16.1 Å². The molecule has 1 aromatic carbocycles. The molecular formula is C29H39N7O5. The van der Waals surface area contributed by atoms with Gasteiger partial charge < -0.3 is 30.8 Å². The lowest BCUT2D eigenvalue weighted by Gasteiger charge is -2.25. The number of fused-ring (bicyclic) bond motifs is 1. The maximum atomic E-state index is 13.1. The first kappa shape index (κ1) is 29.6. The van der Waals surface area contributed by atoms with Crippen LogP contribution in [0, 0.1) is 5.92 Å². The first-order chi connectivity index (χ1) is 19.8. The predicted molar refractivity (Wildman–Crippen MR) is 154 cm³/mol. The molecule has 1 aliphatic heterocycles. The van der Waals surface area contributed by atoms with E-state index in [-0.39, 0.29) is 41.7 Å². The van der Waals surface area contributed by atoms with E-state index in [0.717, 1.165) is 0 Å². The van der Waals surface area contributed by atoms with E-state index in [1.807, 2.05) is 13.8 Å². The van der Waals surface area contributed by atoms with Gasteiger partial charge in [-0.1, -0.05) is 20.3 Å². The molecule has 2 aromatic heterocycles. The molecule has 41 heavy (non-hydrogen) atoms. The van der Waals surface area contributed by atoms with Crippen LogP contribution in [0.4, 0.5) is 0 Å². The second kappa shape index (κ2) is 13.8. The van der Waals surface area contributed by atoms with Crippen molar-refractivity contribution in [3.05, 3.63) is 58.3 Å². The van der Waals surface area contributed by atoms with Crippen LogP contribution in [0.5, 0.6) is 0 Å². The number of nitrogens with one attached hydrogen (secondary N) is 5. The molecule has 0 fully saturated rings. The summed E-state index contributed by atoms with van der Waals surface area (Å²) >= 11 is 0. The fraction of sp³-hybridized carbons (Fsp3) is 0.483. The van der Waals surface area contributed by atoms with Crippen LogP contribution in [0.2, 0.25) is 0 Å². The van der Waals surface area contributed by atoms with E-state index in [9.17, 15) is 24.0 Å². The smallest absolute Gasteiger partial charge is 0.326 e. The Morgan fingerprint density at radius 1 is 1.00 bits per heavy atom. The third kappa shape index (κ3) is 7.44. The second-order valence-electron chi connectivity index (χ2n) is 10.5. The van der Waals surface area contributed by atoms with Crippen molar-refractivity contribution in [2.75, 3.05) is 26.2 Å². The summed E-state index contributed by atoms with van der Waals surface area (Å²) in [6.45, 7) is 5.61. The van der Waals surface area contributed by atoms with E-state index in [4.69, 9.17) is 0 Å². The number of carbonyl (C=O) groups excluding carboxylic acids is 4. The zero-order valence-electron chi connectivity index (χ0n) is 23.6. The summed E-state index contributed by atoms with van der Waals surface area (Å²) in [7, 11) is 0. The predicted octanol–water partition coefficient (Wildman–Crippen LogP) is 1.75. The van der Waals surface area contributed by atoms with E-state index < -0.39 is 6.04 Å². The lowest BCUT2D eigenvalue weighted by molar-refractivity contribution is -0.130. The van der Waals surface area contributed by atoms with Crippen LogP contribution in [-0.4, -0.2) is 75.3 Å². The summed E-state index contributed by atoms with van der Waals surface area (Å²) in [4.78, 5) is 71.8. The van der Waals surface area contributed by atoms with Gasteiger partial charge in [-0.05, 0) is 55.5 Å². The van der Waals surface area contributed by atoms with Gasteiger partial charge in [0.15, 0.2) is 0 Å². The number of aromatic amines is 2. The number of hydrogen-bond acceptors (Lipinski definition) is 5. The molecule has 0 saturated heterocycles. The van der Waals surface area contributed by atoms with E-state index in [0.29, 0.717) is 80.7 Å². The number of amides is 4. The number of H-pyrrole nitrogens is 2. The van der Waals surface area contributed by atoms with Crippen LogP contribution in [0.15, 0.2) is 41.3 Å². The molecular weight excluding hydrogens is 526 g/mol. The Labute approximate surface area is 238 Å². The van der Waals surface area contributed by atoms with Crippen molar-refractivity contribution >= 4 is 34.7 Å². The summed E-state index contributed by atoms with van der Waals surface area (Å²) in [5.41, 5.74) is 1.80. The van der Waals surface area contributed by atoms with Gasteiger partial charge in [-0.25, -0.2) is 4.79 Å². The number of rotatable bonds is 3. The molecule has 0 saturated carbocycles. The average Bonchev–Trinajstić information content (AvgIpc) is 3.61. The topological polar surface area (TPSA) is 161 Å². The Morgan fingerprint density at radius 3 is 2.51 bits per heavy atom. The van der Waals surface area contributed by atoms with Gasteiger partial charge in [0.2, 0.25) is 11.8 Å². The van der Waals surface area contributed by atoms with Crippen LogP contribution >= 0.6 is 0 Å². The summed E-state index contributed by atoms with van der Waals surface area (Å²) < 4.78 is 1.55. The quantitative estimate of drug-likeness (QED) is 0.327. The maximum Gasteiger partial charge on any atom is 0.326 e. The highest BCUT2D eigenvalue weighted by atomic mass is 16.2. The van der Waals surface area contributed by atoms with Crippen molar-refractivity contribution in [1.82, 2.24) is 35.4 Å². The third-order valence-corrected chi connectivity index (χ3v) is 7.54. The summed E-state index contributed by atoms with van der Waals surface area (Å²) in [6.07, 6.45) is 3.96. The molecule has 220 valence electrons. The SMILES string of the molecule is CC[C@H](C)[C@@H]1NC(=O)CCCN(C(=O)c2ccc[nH]2)CCCNC(=O)c2ccc3[nH]c(=O)n(c3c2)CCCNC1=O. The Morgan fingerprint density at radius 2 is 1.76 bits per heavy atom. The minimum absolute atomic E-state index is 0.0776. The van der Waals surface area contributed by atoms with Gasteiger partial charge in [0.25, 0.3) is 11.8 Å². The van der Waals surface area contributed by atoms with Crippen molar-refractivity contribution < 1.29 is 19.2 Å². The molecule has 4 rings (SSSR count). The van der Waals surface area contributed by atoms with Crippen molar-refractivity contribution in [3.8, 4) is 0 Å². The highest BCUT2D eigenvalue weighted by Crippen LogP contribution is 2.14. The first-order valence-electron chi connectivity index (χ1n) is 14.3. The van der Waals surface area contributed by atoms with Gasteiger partial charge in [0.1, 0.15) is 11.7 Å². The average molecular weight is 566 g/mol. The zero-order chi connectivity index (χ0) is 29.4. The Balaban J connectivity index is 1.55. The highest BCUT2D eigenvalue weighted by molar-refractivity contribution is 5.97. The molecule has 3 heterocycles. The fourth-order valence-corrected chi connectivity index (χ4v) is 4.98. The molecule has 0 unspecified atom stereocenters. The third-order valence-electron chi connectivity index (χ3n) is 7.54. The number of nitrogens with zero attached hydrogens (tertiary/aromatic N) is 2. The van der Waals surface area contributed by atoms with Crippen LogP contribution in [0.25, 0.3) is 11.0 Å². The van der Waals surface area contributed by atoms with E-state index in [2.05, 4.69) is 25.9 Å². The van der Waals surface area contributed by atoms with Gasteiger partial charge in [0.05, 0.1) is 11.0 Å². The minimum atomic E-state index is -0.686. The van der Waals surface area contributed by atoms with Gasteiger partial charge in [-0.2, -0.15) is 0 Å². The molecule has 1 aliphatic rings. The number of carbonyl (C=O) groups is 4.